The first-order valence-electron chi connectivity index (χ1n) is 16.6. The summed E-state index contributed by atoms with van der Waals surface area (Å²) in [5, 5.41) is 0. The Kier molecular flexibility index (Phi) is 10.7. The van der Waals surface area contributed by atoms with E-state index in [2.05, 4.69) is 15.0 Å². The fourth-order valence-corrected chi connectivity index (χ4v) is 6.27. The van der Waals surface area contributed by atoms with Crippen molar-refractivity contribution in [1.29, 1.82) is 0 Å². The first-order valence-corrected chi connectivity index (χ1v) is 18.2. The highest BCUT2D eigenvalue weighted by atomic mass is 31.2. The number of esters is 2. The molecule has 2 N–H and O–H groups in total. The number of imidazole rings is 1. The molecule has 0 aliphatic carbocycles. The van der Waals surface area contributed by atoms with E-state index in [4.69, 9.17) is 18.7 Å². The molecule has 0 saturated carbocycles. The van der Waals surface area contributed by atoms with Crippen LogP contribution in [-0.2, 0) is 23.3 Å². The minimum Gasteiger partial charge on any atom is -0.452 e. The van der Waals surface area contributed by atoms with E-state index in [-0.39, 0.29) is 39.2 Å². The van der Waals surface area contributed by atoms with Gasteiger partial charge in [0, 0.05) is 11.1 Å². The second-order valence-corrected chi connectivity index (χ2v) is 13.3. The lowest BCUT2D eigenvalue weighted by Gasteiger charge is -2.25. The molecule has 0 bridgehead atoms. The van der Waals surface area contributed by atoms with E-state index in [0.717, 1.165) is 11.2 Å². The zero-order valence-corrected chi connectivity index (χ0v) is 29.4. The number of hydrogen-bond acceptors (Lipinski definition) is 12. The van der Waals surface area contributed by atoms with Crippen LogP contribution >= 0.6 is 7.82 Å². The average molecular weight is 764 g/mol. The van der Waals surface area contributed by atoms with E-state index in [0.29, 0.717) is 0 Å². The van der Waals surface area contributed by atoms with Crippen molar-refractivity contribution in [3.63, 3.8) is 0 Å². The number of rotatable bonds is 11. The molecule has 16 nitrogen and oxygen atoms in total. The third kappa shape index (κ3) is 8.08. The molecular weight excluding hydrogens is 733 g/mol. The van der Waals surface area contributed by atoms with Crippen molar-refractivity contribution in [1.82, 2.24) is 19.5 Å². The van der Waals surface area contributed by atoms with Gasteiger partial charge in [0.25, 0.3) is 11.8 Å². The Labute approximate surface area is 312 Å². The molecule has 17 heteroatoms. The third-order valence-electron chi connectivity index (χ3n) is 8.47. The summed E-state index contributed by atoms with van der Waals surface area (Å²) >= 11 is 0. The van der Waals surface area contributed by atoms with Crippen LogP contribution in [0.25, 0.3) is 11.2 Å². The Hall–Kier alpha value is -6.42. The molecule has 2 aromatic heterocycles. The highest BCUT2D eigenvalue weighted by molar-refractivity contribution is 7.46. The number of hydrogen-bond donors (Lipinski definition) is 2. The quantitative estimate of drug-likeness (QED) is 0.104. The van der Waals surface area contributed by atoms with Crippen molar-refractivity contribution in [3.8, 4) is 0 Å². The normalized spacial score (nSPS) is 18.1. The number of carbonyl (C=O) groups excluding carboxylic acids is 4. The summed E-state index contributed by atoms with van der Waals surface area (Å²) in [5.41, 5.74) is 0.582. The molecule has 3 heterocycles. The molecule has 55 heavy (non-hydrogen) atoms. The van der Waals surface area contributed by atoms with Gasteiger partial charge in [-0.1, -0.05) is 72.8 Å². The maximum atomic E-state index is 14.0. The molecule has 0 unspecified atom stereocenters. The summed E-state index contributed by atoms with van der Waals surface area (Å²) in [6.45, 7) is -0.801. The molecule has 4 aromatic carbocycles. The van der Waals surface area contributed by atoms with Crippen molar-refractivity contribution in [2.75, 3.05) is 11.5 Å². The average Bonchev–Trinajstić information content (AvgIpc) is 3.79. The van der Waals surface area contributed by atoms with Crippen molar-refractivity contribution in [3.05, 3.63) is 156 Å². The van der Waals surface area contributed by atoms with Gasteiger partial charge in [-0.25, -0.2) is 34.0 Å². The van der Waals surface area contributed by atoms with E-state index < -0.39 is 62.7 Å². The minimum absolute atomic E-state index is 0.00724. The van der Waals surface area contributed by atoms with Crippen LogP contribution in [0.3, 0.4) is 0 Å². The van der Waals surface area contributed by atoms with E-state index in [1.165, 1.54) is 35.2 Å². The van der Waals surface area contributed by atoms with Gasteiger partial charge in [0.15, 0.2) is 35.4 Å². The monoisotopic (exact) mass is 763 g/mol. The predicted octanol–water partition coefficient (Wildman–Crippen LogP) is 4.77. The summed E-state index contributed by atoms with van der Waals surface area (Å²) in [7, 11) is -5.08. The number of aromatic nitrogens is 4. The number of fused-ring (bicyclic) bond motifs is 1. The number of ether oxygens (including phenoxy) is 3. The molecule has 1 saturated heterocycles. The molecule has 7 rings (SSSR count). The summed E-state index contributed by atoms with van der Waals surface area (Å²) in [4.78, 5) is 88.2. The Morgan fingerprint density at radius 3 is 1.64 bits per heavy atom. The molecule has 4 atom stereocenters. The van der Waals surface area contributed by atoms with Crippen molar-refractivity contribution in [2.45, 2.75) is 24.5 Å². The zero-order valence-electron chi connectivity index (χ0n) is 28.5. The van der Waals surface area contributed by atoms with E-state index in [9.17, 15) is 33.5 Å². The van der Waals surface area contributed by atoms with Crippen LogP contribution in [0, 0.1) is 0 Å². The van der Waals surface area contributed by atoms with E-state index in [1.54, 1.807) is 97.1 Å². The van der Waals surface area contributed by atoms with Gasteiger partial charge in [-0.2, -0.15) is 0 Å². The highest BCUT2D eigenvalue weighted by Gasteiger charge is 2.52. The fraction of sp³-hybridized carbons (Fsp3) is 0.132. The first-order chi connectivity index (χ1) is 26.6. The minimum atomic E-state index is -5.08. The second kappa shape index (κ2) is 15.9. The number of phosphoric acid groups is 1. The van der Waals surface area contributed by atoms with Crippen LogP contribution in [0.2, 0.25) is 0 Å². The lowest BCUT2D eigenvalue weighted by Crippen LogP contribution is -2.41. The van der Waals surface area contributed by atoms with Crippen LogP contribution in [0.1, 0.15) is 47.7 Å². The molecule has 1 aliphatic rings. The number of imide groups is 1. The van der Waals surface area contributed by atoms with Crippen LogP contribution in [0.15, 0.2) is 134 Å². The summed E-state index contributed by atoms with van der Waals surface area (Å²) in [5.74, 6) is -3.30. The van der Waals surface area contributed by atoms with Gasteiger partial charge in [0.05, 0.1) is 24.1 Å². The maximum Gasteiger partial charge on any atom is 0.469 e. The van der Waals surface area contributed by atoms with Gasteiger partial charge in [-0.05, 0) is 48.5 Å². The second-order valence-electron chi connectivity index (χ2n) is 12.0. The fourth-order valence-electron chi connectivity index (χ4n) is 5.93. The Balaban J connectivity index is 1.33. The molecule has 2 amide bonds. The summed E-state index contributed by atoms with van der Waals surface area (Å²) in [6.07, 6.45) is -3.53. The number of nitrogens with zero attached hydrogens (tertiary/aromatic N) is 5. The van der Waals surface area contributed by atoms with E-state index >= 15 is 0 Å². The molecule has 0 spiro atoms. The lowest BCUT2D eigenvalue weighted by atomic mass is 10.1. The molecule has 6 aromatic rings. The Morgan fingerprint density at radius 1 is 0.673 bits per heavy atom. The Morgan fingerprint density at radius 2 is 1.15 bits per heavy atom. The molecular formula is C38H30N5O11P. The zero-order chi connectivity index (χ0) is 38.5. The number of benzene rings is 4. The van der Waals surface area contributed by atoms with E-state index in [1.807, 2.05) is 0 Å². The highest BCUT2D eigenvalue weighted by Crippen LogP contribution is 2.41. The van der Waals surface area contributed by atoms with Crippen LogP contribution in [0.5, 0.6) is 0 Å². The van der Waals surface area contributed by atoms with Crippen LogP contribution in [-0.4, -0.2) is 78.0 Å². The van der Waals surface area contributed by atoms with Gasteiger partial charge in [0.1, 0.15) is 12.4 Å². The number of anilines is 1. The van der Waals surface area contributed by atoms with Crippen LogP contribution < -0.4 is 4.90 Å². The lowest BCUT2D eigenvalue weighted by molar-refractivity contribution is -0.0559. The standard InChI is InChI=1S/C38H30N5O11P/c44-34(24-13-5-1-6-14-24)43(35(45)25-15-7-2-8-16-25)33-29-32(39-22-40-33)42(23-41-29)36-31(54-38(47)27-19-11-4-12-20-27)30(28(52-36)21-51-55(48,49)50)53-37(46)26-17-9-3-10-18-26/h1-20,22-23,28,30-31,36H,21H2,(H2,48,49,50)/t28-,30-,31-,36-/m1/s1. The Bertz CT molecular complexity index is 2330. The van der Waals surface area contributed by atoms with Gasteiger partial charge in [0.2, 0.25) is 0 Å². The third-order valence-corrected chi connectivity index (χ3v) is 8.96. The smallest absolute Gasteiger partial charge is 0.452 e. The predicted molar refractivity (Wildman–Crippen MR) is 193 cm³/mol. The first kappa shape index (κ1) is 36.9. The summed E-state index contributed by atoms with van der Waals surface area (Å²) in [6, 6.07) is 32.0. The van der Waals surface area contributed by atoms with Gasteiger partial charge in [-0.15, -0.1) is 0 Å². The SMILES string of the molecule is O=C(O[C@@H]1[C@H](OC(=O)c2ccccc2)[C@@H](COP(=O)(O)O)O[C@H]1n1cnc2c(N(C(=O)c3ccccc3)C(=O)c3ccccc3)ncnc21)c1ccccc1. The molecule has 1 aliphatic heterocycles. The molecule has 278 valence electrons. The van der Waals surface area contributed by atoms with Crippen molar-refractivity contribution < 1.29 is 52.3 Å². The van der Waals surface area contributed by atoms with Crippen LogP contribution in [0.4, 0.5) is 5.82 Å². The number of phosphoric ester groups is 1. The van der Waals surface area contributed by atoms with Gasteiger partial charge < -0.3 is 24.0 Å². The van der Waals surface area contributed by atoms with Gasteiger partial charge in [-0.3, -0.25) is 18.7 Å². The molecule has 0 radical (unpaired) electrons. The largest absolute Gasteiger partial charge is 0.469 e. The number of amides is 2. The topological polar surface area (TPSA) is 210 Å². The van der Waals surface area contributed by atoms with Gasteiger partial charge >= 0.3 is 19.8 Å². The van der Waals surface area contributed by atoms with Crippen molar-refractivity contribution >= 4 is 48.6 Å². The van der Waals surface area contributed by atoms with Crippen molar-refractivity contribution in [2.24, 2.45) is 0 Å². The maximum absolute atomic E-state index is 14.0. The molecule has 1 fully saturated rings. The summed E-state index contributed by atoms with van der Waals surface area (Å²) < 4.78 is 36.0. The number of carbonyl (C=O) groups is 4.